The average Bonchev–Trinajstić information content (AvgIpc) is 2.54. The number of aliphatic hydroxyl groups excluding tert-OH is 1. The maximum absolute atomic E-state index is 9.30. The Morgan fingerprint density at radius 3 is 2.86 bits per heavy atom. The van der Waals surface area contributed by atoms with Crippen molar-refractivity contribution in [2.75, 3.05) is 0 Å². The highest BCUT2D eigenvalue weighted by atomic mass is 16.5. The number of hydrogen-bond donors (Lipinski definition) is 1. The molecule has 0 saturated heterocycles. The van der Waals surface area contributed by atoms with E-state index in [1.165, 1.54) is 0 Å². The van der Waals surface area contributed by atoms with Gasteiger partial charge < -0.3 is 9.84 Å². The summed E-state index contributed by atoms with van der Waals surface area (Å²) in [6.45, 7) is 2.00. The standard InChI is InChI=1S/C17H16N2O2/c1-2-14-8-12(11-20)9-17(19-14)21-15-6-5-13-4-3-7-18-16(13)10-15/h3-10,20H,2,11H2,1H3. The van der Waals surface area contributed by atoms with E-state index in [0.717, 1.165) is 28.6 Å². The zero-order valence-corrected chi connectivity index (χ0v) is 11.8. The number of aryl methyl sites for hydroxylation is 1. The van der Waals surface area contributed by atoms with E-state index in [-0.39, 0.29) is 6.61 Å². The summed E-state index contributed by atoms with van der Waals surface area (Å²) >= 11 is 0. The third kappa shape index (κ3) is 3.01. The summed E-state index contributed by atoms with van der Waals surface area (Å²) in [4.78, 5) is 8.73. The number of aromatic nitrogens is 2. The van der Waals surface area contributed by atoms with E-state index in [0.29, 0.717) is 11.6 Å². The fourth-order valence-corrected chi connectivity index (χ4v) is 2.18. The van der Waals surface area contributed by atoms with Gasteiger partial charge in [-0.15, -0.1) is 0 Å². The first-order valence-electron chi connectivity index (χ1n) is 6.92. The van der Waals surface area contributed by atoms with Gasteiger partial charge in [-0.2, -0.15) is 0 Å². The molecule has 0 atom stereocenters. The lowest BCUT2D eigenvalue weighted by Gasteiger charge is -2.09. The van der Waals surface area contributed by atoms with Crippen LogP contribution in [0.2, 0.25) is 0 Å². The van der Waals surface area contributed by atoms with Crippen LogP contribution >= 0.6 is 0 Å². The molecule has 0 unspecified atom stereocenters. The van der Waals surface area contributed by atoms with Crippen LogP contribution in [0, 0.1) is 0 Å². The Labute approximate surface area is 123 Å². The minimum Gasteiger partial charge on any atom is -0.439 e. The summed E-state index contributed by atoms with van der Waals surface area (Å²) < 4.78 is 5.81. The Kier molecular flexibility index (Phi) is 3.79. The number of aliphatic hydroxyl groups is 1. The molecule has 21 heavy (non-hydrogen) atoms. The number of fused-ring (bicyclic) bond motifs is 1. The molecule has 0 spiro atoms. The Morgan fingerprint density at radius 1 is 1.14 bits per heavy atom. The Balaban J connectivity index is 1.94. The molecule has 0 bridgehead atoms. The molecule has 0 radical (unpaired) electrons. The van der Waals surface area contributed by atoms with Gasteiger partial charge in [0, 0.05) is 29.4 Å². The third-order valence-electron chi connectivity index (χ3n) is 3.26. The first kappa shape index (κ1) is 13.5. The highest BCUT2D eigenvalue weighted by Gasteiger charge is 2.05. The number of pyridine rings is 2. The molecule has 106 valence electrons. The van der Waals surface area contributed by atoms with Crippen LogP contribution in [-0.4, -0.2) is 15.1 Å². The van der Waals surface area contributed by atoms with Crippen molar-refractivity contribution in [3.63, 3.8) is 0 Å². The molecule has 0 amide bonds. The quantitative estimate of drug-likeness (QED) is 0.795. The summed E-state index contributed by atoms with van der Waals surface area (Å²) in [6, 6.07) is 13.3. The number of hydrogen-bond acceptors (Lipinski definition) is 4. The van der Waals surface area contributed by atoms with Crippen molar-refractivity contribution in [1.82, 2.24) is 9.97 Å². The summed E-state index contributed by atoms with van der Waals surface area (Å²) in [6.07, 6.45) is 2.55. The predicted molar refractivity (Wildman–Crippen MR) is 81.4 cm³/mol. The number of benzene rings is 1. The molecule has 1 N–H and O–H groups in total. The summed E-state index contributed by atoms with van der Waals surface area (Å²) in [7, 11) is 0. The zero-order valence-electron chi connectivity index (χ0n) is 11.8. The van der Waals surface area contributed by atoms with E-state index in [4.69, 9.17) is 4.74 Å². The van der Waals surface area contributed by atoms with E-state index in [1.807, 2.05) is 43.3 Å². The fraction of sp³-hybridized carbons (Fsp3) is 0.176. The van der Waals surface area contributed by atoms with Crippen molar-refractivity contribution in [1.29, 1.82) is 0 Å². The van der Waals surface area contributed by atoms with Gasteiger partial charge in [0.25, 0.3) is 0 Å². The summed E-state index contributed by atoms with van der Waals surface area (Å²) in [5.41, 5.74) is 2.58. The number of ether oxygens (including phenoxy) is 1. The van der Waals surface area contributed by atoms with Crippen LogP contribution in [0.25, 0.3) is 10.9 Å². The first-order chi connectivity index (χ1) is 10.3. The van der Waals surface area contributed by atoms with Crippen molar-refractivity contribution in [2.45, 2.75) is 20.0 Å². The molecule has 0 aliphatic heterocycles. The monoisotopic (exact) mass is 280 g/mol. The molecule has 1 aromatic carbocycles. The molecule has 0 fully saturated rings. The molecular formula is C17H16N2O2. The van der Waals surface area contributed by atoms with E-state index in [2.05, 4.69) is 9.97 Å². The number of nitrogens with zero attached hydrogens (tertiary/aromatic N) is 2. The van der Waals surface area contributed by atoms with Gasteiger partial charge in [0.2, 0.25) is 5.88 Å². The minimum absolute atomic E-state index is 0.0227. The summed E-state index contributed by atoms with van der Waals surface area (Å²) in [5, 5.41) is 10.4. The lowest BCUT2D eigenvalue weighted by Crippen LogP contribution is -1.96. The second-order valence-electron chi connectivity index (χ2n) is 4.78. The van der Waals surface area contributed by atoms with Gasteiger partial charge in [-0.3, -0.25) is 4.98 Å². The van der Waals surface area contributed by atoms with E-state index < -0.39 is 0 Å². The second-order valence-corrected chi connectivity index (χ2v) is 4.78. The highest BCUT2D eigenvalue weighted by molar-refractivity contribution is 5.79. The van der Waals surface area contributed by atoms with Crippen LogP contribution in [0.4, 0.5) is 0 Å². The largest absolute Gasteiger partial charge is 0.439 e. The van der Waals surface area contributed by atoms with Crippen molar-refractivity contribution in [3.05, 3.63) is 59.9 Å². The van der Waals surface area contributed by atoms with E-state index in [9.17, 15) is 5.11 Å². The van der Waals surface area contributed by atoms with Gasteiger partial charge in [-0.05, 0) is 36.2 Å². The van der Waals surface area contributed by atoms with Crippen LogP contribution in [0.5, 0.6) is 11.6 Å². The molecule has 4 heteroatoms. The highest BCUT2D eigenvalue weighted by Crippen LogP contribution is 2.24. The normalized spacial score (nSPS) is 10.8. The van der Waals surface area contributed by atoms with Crippen molar-refractivity contribution in [3.8, 4) is 11.6 Å². The SMILES string of the molecule is CCc1cc(CO)cc(Oc2ccc3cccnc3c2)n1. The molecule has 2 aromatic heterocycles. The Hall–Kier alpha value is -2.46. The van der Waals surface area contributed by atoms with Crippen LogP contribution in [0.1, 0.15) is 18.2 Å². The maximum atomic E-state index is 9.30. The molecule has 0 aliphatic rings. The predicted octanol–water partition coefficient (Wildman–Crippen LogP) is 3.48. The van der Waals surface area contributed by atoms with Crippen LogP contribution in [0.3, 0.4) is 0 Å². The smallest absolute Gasteiger partial charge is 0.219 e. The molecule has 0 aliphatic carbocycles. The minimum atomic E-state index is -0.0227. The van der Waals surface area contributed by atoms with E-state index >= 15 is 0 Å². The van der Waals surface area contributed by atoms with Crippen LogP contribution < -0.4 is 4.74 Å². The third-order valence-corrected chi connectivity index (χ3v) is 3.26. The van der Waals surface area contributed by atoms with Crippen molar-refractivity contribution >= 4 is 10.9 Å². The molecule has 3 rings (SSSR count). The topological polar surface area (TPSA) is 55.2 Å². The van der Waals surface area contributed by atoms with Gasteiger partial charge in [0.1, 0.15) is 5.75 Å². The van der Waals surface area contributed by atoms with Gasteiger partial charge in [0.05, 0.1) is 12.1 Å². The Bertz CT molecular complexity index is 749. The fourth-order valence-electron chi connectivity index (χ4n) is 2.18. The first-order valence-corrected chi connectivity index (χ1v) is 6.92. The van der Waals surface area contributed by atoms with E-state index in [1.54, 1.807) is 12.3 Å². The summed E-state index contributed by atoms with van der Waals surface area (Å²) in [5.74, 6) is 1.18. The second kappa shape index (κ2) is 5.89. The lowest BCUT2D eigenvalue weighted by molar-refractivity contribution is 0.281. The number of rotatable bonds is 4. The molecule has 4 nitrogen and oxygen atoms in total. The van der Waals surface area contributed by atoms with Gasteiger partial charge in [0.15, 0.2) is 0 Å². The van der Waals surface area contributed by atoms with Gasteiger partial charge in [-0.1, -0.05) is 13.0 Å². The van der Waals surface area contributed by atoms with Gasteiger partial charge >= 0.3 is 0 Å². The Morgan fingerprint density at radius 2 is 2.05 bits per heavy atom. The molecule has 2 heterocycles. The maximum Gasteiger partial charge on any atom is 0.219 e. The zero-order chi connectivity index (χ0) is 14.7. The van der Waals surface area contributed by atoms with Crippen molar-refractivity contribution < 1.29 is 9.84 Å². The molecular weight excluding hydrogens is 264 g/mol. The van der Waals surface area contributed by atoms with Crippen molar-refractivity contribution in [2.24, 2.45) is 0 Å². The molecule has 0 saturated carbocycles. The van der Waals surface area contributed by atoms with Gasteiger partial charge in [-0.25, -0.2) is 4.98 Å². The molecule has 3 aromatic rings. The average molecular weight is 280 g/mol. The van der Waals surface area contributed by atoms with Crippen LogP contribution in [-0.2, 0) is 13.0 Å². The lowest BCUT2D eigenvalue weighted by atomic mass is 10.2. The van der Waals surface area contributed by atoms with Crippen LogP contribution in [0.15, 0.2) is 48.7 Å².